The average molecular weight is 344 g/mol. The standard InChI is InChI=1S/C15H13ClF3N3O/c16-10-2-1-3-11(6-10)20-14(23)8-22-12(9-4-5-9)7-13(21-22)15(17,18)19/h1-3,6-7,9H,4-5,8H2,(H,20,23). The number of carbonyl (C=O) groups is 1. The Morgan fingerprint density at radius 3 is 2.70 bits per heavy atom. The van der Waals surface area contributed by atoms with Gasteiger partial charge in [0.05, 0.1) is 0 Å². The number of amides is 1. The van der Waals surface area contributed by atoms with Crippen LogP contribution in [-0.4, -0.2) is 15.7 Å². The van der Waals surface area contributed by atoms with E-state index in [9.17, 15) is 18.0 Å². The molecule has 23 heavy (non-hydrogen) atoms. The van der Waals surface area contributed by atoms with Gasteiger partial charge in [-0.15, -0.1) is 0 Å². The van der Waals surface area contributed by atoms with Crippen molar-refractivity contribution in [1.82, 2.24) is 9.78 Å². The van der Waals surface area contributed by atoms with Crippen molar-refractivity contribution in [3.8, 4) is 0 Å². The van der Waals surface area contributed by atoms with Gasteiger partial charge in [-0.1, -0.05) is 17.7 Å². The lowest BCUT2D eigenvalue weighted by Gasteiger charge is -2.08. The number of benzene rings is 1. The van der Waals surface area contributed by atoms with Gasteiger partial charge >= 0.3 is 6.18 Å². The van der Waals surface area contributed by atoms with Crippen molar-refractivity contribution in [2.75, 3.05) is 5.32 Å². The lowest BCUT2D eigenvalue weighted by atomic mass is 10.2. The van der Waals surface area contributed by atoms with Crippen LogP contribution in [0.4, 0.5) is 18.9 Å². The van der Waals surface area contributed by atoms with Crippen molar-refractivity contribution < 1.29 is 18.0 Å². The molecule has 0 spiro atoms. The maximum Gasteiger partial charge on any atom is 0.435 e. The monoisotopic (exact) mass is 343 g/mol. The van der Waals surface area contributed by atoms with Gasteiger partial charge in [-0.25, -0.2) is 0 Å². The Hall–Kier alpha value is -2.02. The van der Waals surface area contributed by atoms with Gasteiger partial charge in [-0.3, -0.25) is 9.48 Å². The van der Waals surface area contributed by atoms with E-state index in [1.54, 1.807) is 24.3 Å². The van der Waals surface area contributed by atoms with Gasteiger partial charge < -0.3 is 5.32 Å². The van der Waals surface area contributed by atoms with Crippen molar-refractivity contribution in [1.29, 1.82) is 0 Å². The van der Waals surface area contributed by atoms with E-state index in [0.717, 1.165) is 23.6 Å². The third-order valence-corrected chi connectivity index (χ3v) is 3.73. The minimum Gasteiger partial charge on any atom is -0.324 e. The van der Waals surface area contributed by atoms with E-state index in [0.29, 0.717) is 16.4 Å². The summed E-state index contributed by atoms with van der Waals surface area (Å²) in [5.41, 5.74) is -0.0211. The predicted molar refractivity (Wildman–Crippen MR) is 79.3 cm³/mol. The summed E-state index contributed by atoms with van der Waals surface area (Å²) in [7, 11) is 0. The summed E-state index contributed by atoms with van der Waals surface area (Å²) in [5.74, 6) is -0.399. The maximum absolute atomic E-state index is 12.8. The number of rotatable bonds is 4. The Morgan fingerprint density at radius 1 is 1.35 bits per heavy atom. The van der Waals surface area contributed by atoms with Gasteiger partial charge in [-0.05, 0) is 37.1 Å². The van der Waals surface area contributed by atoms with E-state index in [1.807, 2.05) is 0 Å². The zero-order valence-corrected chi connectivity index (χ0v) is 12.7. The molecule has 1 aromatic carbocycles. The Labute approximate surface area is 135 Å². The molecule has 0 bridgehead atoms. The molecule has 4 nitrogen and oxygen atoms in total. The van der Waals surface area contributed by atoms with E-state index >= 15 is 0 Å². The largest absolute Gasteiger partial charge is 0.435 e. The first-order valence-corrected chi connectivity index (χ1v) is 7.41. The van der Waals surface area contributed by atoms with Crippen LogP contribution in [0, 0.1) is 0 Å². The van der Waals surface area contributed by atoms with Gasteiger partial charge in [0.1, 0.15) is 6.54 Å². The van der Waals surface area contributed by atoms with Crippen LogP contribution in [0.1, 0.15) is 30.1 Å². The minimum absolute atomic E-state index is 0.0533. The van der Waals surface area contributed by atoms with Crippen LogP contribution in [0.2, 0.25) is 5.02 Å². The smallest absolute Gasteiger partial charge is 0.324 e. The van der Waals surface area contributed by atoms with Crippen LogP contribution < -0.4 is 5.32 Å². The third-order valence-electron chi connectivity index (χ3n) is 3.50. The number of nitrogens with zero attached hydrogens (tertiary/aromatic N) is 2. The summed E-state index contributed by atoms with van der Waals surface area (Å²) in [6.45, 7) is -0.269. The highest BCUT2D eigenvalue weighted by Crippen LogP contribution is 2.42. The number of hydrogen-bond acceptors (Lipinski definition) is 2. The molecule has 1 fully saturated rings. The summed E-state index contributed by atoms with van der Waals surface area (Å²) in [4.78, 5) is 12.1. The first-order valence-electron chi connectivity index (χ1n) is 7.03. The molecular weight excluding hydrogens is 331 g/mol. The molecule has 1 amide bonds. The molecule has 122 valence electrons. The molecule has 1 saturated carbocycles. The van der Waals surface area contributed by atoms with E-state index < -0.39 is 17.8 Å². The van der Waals surface area contributed by atoms with Crippen molar-refractivity contribution in [3.63, 3.8) is 0 Å². The number of anilines is 1. The number of halogens is 4. The molecule has 0 unspecified atom stereocenters. The summed E-state index contributed by atoms with van der Waals surface area (Å²) < 4.78 is 39.5. The average Bonchev–Trinajstić information content (AvgIpc) is 3.19. The molecule has 1 aliphatic carbocycles. The lowest BCUT2D eigenvalue weighted by Crippen LogP contribution is -2.21. The maximum atomic E-state index is 12.8. The number of alkyl halides is 3. The van der Waals surface area contributed by atoms with Crippen LogP contribution in [0.25, 0.3) is 0 Å². The van der Waals surface area contributed by atoms with Crippen LogP contribution in [0.15, 0.2) is 30.3 Å². The van der Waals surface area contributed by atoms with Gasteiger partial charge in [0, 0.05) is 22.3 Å². The van der Waals surface area contributed by atoms with Crippen molar-refractivity contribution in [2.45, 2.75) is 31.5 Å². The predicted octanol–water partition coefficient (Wildman–Crippen LogP) is 4.07. The van der Waals surface area contributed by atoms with Crippen LogP contribution in [0.5, 0.6) is 0 Å². The topological polar surface area (TPSA) is 46.9 Å². The molecule has 1 N–H and O–H groups in total. The fourth-order valence-corrected chi connectivity index (χ4v) is 2.50. The fourth-order valence-electron chi connectivity index (χ4n) is 2.31. The SMILES string of the molecule is O=C(Cn1nc(C(F)(F)F)cc1C1CC1)Nc1cccc(Cl)c1. The van der Waals surface area contributed by atoms with Crippen molar-refractivity contribution >= 4 is 23.2 Å². The minimum atomic E-state index is -4.52. The van der Waals surface area contributed by atoms with Gasteiger partial charge in [0.15, 0.2) is 5.69 Å². The van der Waals surface area contributed by atoms with Gasteiger partial charge in [0.25, 0.3) is 0 Å². The number of aromatic nitrogens is 2. The molecule has 1 heterocycles. The zero-order chi connectivity index (χ0) is 16.6. The molecule has 2 aromatic rings. The number of hydrogen-bond donors (Lipinski definition) is 1. The molecule has 8 heteroatoms. The highest BCUT2D eigenvalue weighted by atomic mass is 35.5. The molecular formula is C15H13ClF3N3O. The van der Waals surface area contributed by atoms with Crippen molar-refractivity contribution in [2.24, 2.45) is 0 Å². The van der Waals surface area contributed by atoms with Crippen LogP contribution in [-0.2, 0) is 17.5 Å². The lowest BCUT2D eigenvalue weighted by molar-refractivity contribution is -0.141. The highest BCUT2D eigenvalue weighted by molar-refractivity contribution is 6.30. The number of nitrogens with one attached hydrogen (secondary N) is 1. The van der Waals surface area contributed by atoms with E-state index in [-0.39, 0.29) is 12.5 Å². The van der Waals surface area contributed by atoms with Gasteiger partial charge in [-0.2, -0.15) is 18.3 Å². The third kappa shape index (κ3) is 3.85. The first kappa shape index (κ1) is 15.9. The molecule has 0 atom stereocenters. The highest BCUT2D eigenvalue weighted by Gasteiger charge is 2.38. The molecule has 0 aliphatic heterocycles. The summed E-state index contributed by atoms with van der Waals surface area (Å²) in [6.07, 6.45) is -2.88. The molecule has 3 rings (SSSR count). The van der Waals surface area contributed by atoms with Gasteiger partial charge in [0.2, 0.25) is 5.91 Å². The van der Waals surface area contributed by atoms with E-state index in [2.05, 4.69) is 10.4 Å². The summed E-state index contributed by atoms with van der Waals surface area (Å²) in [5, 5.41) is 6.61. The Bertz CT molecular complexity index is 738. The quantitative estimate of drug-likeness (QED) is 0.909. The summed E-state index contributed by atoms with van der Waals surface area (Å²) in [6, 6.07) is 7.57. The van der Waals surface area contributed by atoms with Crippen LogP contribution in [0.3, 0.4) is 0 Å². The second kappa shape index (κ2) is 5.88. The number of carbonyl (C=O) groups excluding carboxylic acids is 1. The molecule has 1 aliphatic rings. The second-order valence-electron chi connectivity index (χ2n) is 5.44. The normalized spacial score (nSPS) is 14.8. The fraction of sp³-hybridized carbons (Fsp3) is 0.333. The Balaban J connectivity index is 1.76. The molecule has 0 saturated heterocycles. The van der Waals surface area contributed by atoms with E-state index in [4.69, 9.17) is 11.6 Å². The van der Waals surface area contributed by atoms with Crippen LogP contribution >= 0.6 is 11.6 Å². The summed E-state index contributed by atoms with van der Waals surface area (Å²) >= 11 is 5.82. The molecule has 1 aromatic heterocycles. The zero-order valence-electron chi connectivity index (χ0n) is 11.9. The second-order valence-corrected chi connectivity index (χ2v) is 5.88. The Morgan fingerprint density at radius 2 is 2.09 bits per heavy atom. The van der Waals surface area contributed by atoms with Crippen molar-refractivity contribution in [3.05, 3.63) is 46.7 Å². The molecule has 0 radical (unpaired) electrons. The Kier molecular flexibility index (Phi) is 4.06. The first-order chi connectivity index (χ1) is 10.8. The van der Waals surface area contributed by atoms with E-state index in [1.165, 1.54) is 0 Å².